The SMILES string of the molecule is Cc1ccc2c(c1)Oc1cc(-n3c4ccc(-c5ccc6c(c5)c5cc(C)c(C)cc5n6-c5cc(C)c(C)c(C)c5)cc4c4cc(C)c(C)cc43)cc3c1B2c1ccc(C)cc1O3. The quantitative estimate of drug-likeness (QED) is 0.167. The molecule has 12 rings (SSSR count). The molecule has 5 heteroatoms. The van der Waals surface area contributed by atoms with Crippen LogP contribution in [0.2, 0.25) is 0 Å². The van der Waals surface area contributed by atoms with Gasteiger partial charge < -0.3 is 18.6 Å². The van der Waals surface area contributed by atoms with Gasteiger partial charge in [0.2, 0.25) is 0 Å². The van der Waals surface area contributed by atoms with E-state index in [4.69, 9.17) is 9.47 Å². The number of aryl methyl sites for hydroxylation is 8. The molecule has 0 N–H and O–H groups in total. The Balaban J connectivity index is 1.06. The van der Waals surface area contributed by atoms with Crippen molar-refractivity contribution < 1.29 is 9.47 Å². The van der Waals surface area contributed by atoms with E-state index in [-0.39, 0.29) is 6.71 Å². The van der Waals surface area contributed by atoms with E-state index in [1.807, 2.05) is 0 Å². The van der Waals surface area contributed by atoms with Crippen LogP contribution in [0.15, 0.2) is 121 Å². The highest BCUT2D eigenvalue weighted by Gasteiger charge is 2.40. The first-order valence-electron chi connectivity index (χ1n) is 21.8. The highest BCUT2D eigenvalue weighted by atomic mass is 16.5. The zero-order valence-electron chi connectivity index (χ0n) is 36.8. The molecule has 0 aliphatic carbocycles. The Morgan fingerprint density at radius 2 is 0.774 bits per heavy atom. The van der Waals surface area contributed by atoms with Gasteiger partial charge in [-0.05, 0) is 207 Å². The van der Waals surface area contributed by atoms with E-state index < -0.39 is 0 Å². The molecular weight excluding hydrogens is 755 g/mol. The molecule has 0 saturated carbocycles. The zero-order valence-corrected chi connectivity index (χ0v) is 36.8. The van der Waals surface area contributed by atoms with Gasteiger partial charge >= 0.3 is 0 Å². The minimum Gasteiger partial charge on any atom is -0.458 e. The standard InChI is InChI=1S/C57H47BN2O2/c1-30-10-14-47-53(18-30)61-55-28-42(29-56-57(55)58(47)48-15-11-31(2)19-54(48)62-56)60-50-17-13-40(27-46(50)44-23-33(4)35(6)25-52(44)60)39-12-16-49-45(26-39)43-22-32(3)34(5)24-51(43)59(49)41-20-36(7)38(9)37(8)21-41/h10-29H,1-9H3. The Morgan fingerprint density at radius 3 is 1.24 bits per heavy atom. The summed E-state index contributed by atoms with van der Waals surface area (Å²) >= 11 is 0. The van der Waals surface area contributed by atoms with Crippen molar-refractivity contribution in [2.75, 3.05) is 0 Å². The fraction of sp³-hybridized carbons (Fsp3) is 0.158. The lowest BCUT2D eigenvalue weighted by molar-refractivity contribution is 0.464. The topological polar surface area (TPSA) is 28.3 Å². The monoisotopic (exact) mass is 802 g/mol. The van der Waals surface area contributed by atoms with Crippen LogP contribution in [0.3, 0.4) is 0 Å². The number of aromatic nitrogens is 2. The molecule has 0 bridgehead atoms. The fourth-order valence-electron chi connectivity index (χ4n) is 10.4. The van der Waals surface area contributed by atoms with Gasteiger partial charge in [0, 0.05) is 44.8 Å². The lowest BCUT2D eigenvalue weighted by atomic mass is 9.35. The molecule has 0 atom stereocenters. The van der Waals surface area contributed by atoms with E-state index in [1.54, 1.807) is 0 Å². The Labute approximate surface area is 363 Å². The molecule has 8 aromatic carbocycles. The Morgan fingerprint density at radius 1 is 0.355 bits per heavy atom. The van der Waals surface area contributed by atoms with Gasteiger partial charge in [-0.15, -0.1) is 0 Å². The van der Waals surface area contributed by atoms with Crippen LogP contribution in [-0.4, -0.2) is 15.8 Å². The first-order chi connectivity index (χ1) is 29.9. The summed E-state index contributed by atoms with van der Waals surface area (Å²) in [5, 5.41) is 4.99. The van der Waals surface area contributed by atoms with Gasteiger partial charge in [-0.2, -0.15) is 0 Å². The molecule has 2 aromatic heterocycles. The first-order valence-corrected chi connectivity index (χ1v) is 21.8. The Kier molecular flexibility index (Phi) is 7.73. The van der Waals surface area contributed by atoms with E-state index in [2.05, 4.69) is 193 Å². The van der Waals surface area contributed by atoms with E-state index >= 15 is 0 Å². The van der Waals surface area contributed by atoms with Crippen LogP contribution in [0.25, 0.3) is 66.1 Å². The summed E-state index contributed by atoms with van der Waals surface area (Å²) in [6.45, 7) is 19.8. The van der Waals surface area contributed by atoms with Crippen molar-refractivity contribution >= 4 is 66.7 Å². The second kappa shape index (κ2) is 13.0. The highest BCUT2D eigenvalue weighted by molar-refractivity contribution is 6.98. The molecule has 0 unspecified atom stereocenters. The lowest BCUT2D eigenvalue weighted by Crippen LogP contribution is -2.57. The number of hydrogen-bond acceptors (Lipinski definition) is 2. The van der Waals surface area contributed by atoms with Crippen LogP contribution in [0.4, 0.5) is 0 Å². The zero-order chi connectivity index (χ0) is 42.5. The largest absolute Gasteiger partial charge is 0.458 e. The molecule has 0 amide bonds. The predicted octanol–water partition coefficient (Wildman–Crippen LogP) is 13.1. The van der Waals surface area contributed by atoms with Crippen molar-refractivity contribution in [3.05, 3.63) is 171 Å². The van der Waals surface area contributed by atoms with Crippen LogP contribution in [0, 0.1) is 62.3 Å². The van der Waals surface area contributed by atoms with Gasteiger partial charge in [0.1, 0.15) is 23.0 Å². The first kappa shape index (κ1) is 36.8. The second-order valence-electron chi connectivity index (χ2n) is 18.3. The number of rotatable bonds is 3. The van der Waals surface area contributed by atoms with Gasteiger partial charge in [-0.1, -0.05) is 36.4 Å². The molecule has 0 radical (unpaired) electrons. The third-order valence-electron chi connectivity index (χ3n) is 14.3. The summed E-state index contributed by atoms with van der Waals surface area (Å²) in [5.74, 6) is 3.51. The summed E-state index contributed by atoms with van der Waals surface area (Å²) in [7, 11) is 0. The van der Waals surface area contributed by atoms with Gasteiger partial charge in [0.15, 0.2) is 0 Å². The summed E-state index contributed by atoms with van der Waals surface area (Å²) in [6.07, 6.45) is 0. The number of hydrogen-bond donors (Lipinski definition) is 0. The molecule has 300 valence electrons. The molecule has 2 aliphatic heterocycles. The number of fused-ring (bicyclic) bond motifs is 10. The Hall–Kier alpha value is -6.98. The average Bonchev–Trinajstić information content (AvgIpc) is 3.72. The number of ether oxygens (including phenoxy) is 2. The summed E-state index contributed by atoms with van der Waals surface area (Å²) < 4.78 is 18.6. The van der Waals surface area contributed by atoms with Crippen molar-refractivity contribution in [1.29, 1.82) is 0 Å². The van der Waals surface area contributed by atoms with Crippen LogP contribution < -0.4 is 25.9 Å². The maximum Gasteiger partial charge on any atom is 0.260 e. The van der Waals surface area contributed by atoms with Crippen molar-refractivity contribution in [2.45, 2.75) is 62.3 Å². The normalized spacial score (nSPS) is 12.8. The van der Waals surface area contributed by atoms with Crippen LogP contribution in [0.5, 0.6) is 23.0 Å². The third-order valence-corrected chi connectivity index (χ3v) is 14.3. The molecule has 0 fully saturated rings. The van der Waals surface area contributed by atoms with Crippen molar-refractivity contribution in [3.63, 3.8) is 0 Å². The molecular formula is C57H47BN2O2. The van der Waals surface area contributed by atoms with Crippen molar-refractivity contribution in [1.82, 2.24) is 9.13 Å². The van der Waals surface area contributed by atoms with E-state index in [1.165, 1.54) is 110 Å². The molecule has 4 nitrogen and oxygen atoms in total. The molecule has 62 heavy (non-hydrogen) atoms. The van der Waals surface area contributed by atoms with Crippen LogP contribution in [-0.2, 0) is 0 Å². The van der Waals surface area contributed by atoms with E-state index in [0.717, 1.165) is 45.2 Å². The third kappa shape index (κ3) is 5.27. The van der Waals surface area contributed by atoms with Gasteiger partial charge in [0.05, 0.1) is 27.8 Å². The maximum absolute atomic E-state index is 6.86. The van der Waals surface area contributed by atoms with E-state index in [0.29, 0.717) is 0 Å². The highest BCUT2D eigenvalue weighted by Crippen LogP contribution is 2.43. The smallest absolute Gasteiger partial charge is 0.260 e. The molecule has 4 heterocycles. The van der Waals surface area contributed by atoms with Gasteiger partial charge in [-0.3, -0.25) is 0 Å². The van der Waals surface area contributed by atoms with Crippen LogP contribution in [0.1, 0.15) is 50.1 Å². The van der Waals surface area contributed by atoms with Gasteiger partial charge in [-0.25, -0.2) is 0 Å². The second-order valence-corrected chi connectivity index (χ2v) is 18.3. The van der Waals surface area contributed by atoms with Crippen LogP contribution >= 0.6 is 0 Å². The summed E-state index contributed by atoms with van der Waals surface area (Å²) in [6, 6.07) is 45.8. The number of nitrogens with zero attached hydrogens (tertiary/aromatic N) is 2. The van der Waals surface area contributed by atoms with Crippen molar-refractivity contribution in [2.24, 2.45) is 0 Å². The summed E-state index contributed by atoms with van der Waals surface area (Å²) in [4.78, 5) is 0. The van der Waals surface area contributed by atoms with E-state index in [9.17, 15) is 0 Å². The minimum atomic E-state index is 0.0257. The predicted molar refractivity (Wildman–Crippen MR) is 261 cm³/mol. The molecule has 0 spiro atoms. The maximum atomic E-state index is 6.86. The fourth-order valence-corrected chi connectivity index (χ4v) is 10.4. The van der Waals surface area contributed by atoms with Crippen molar-refractivity contribution in [3.8, 4) is 45.5 Å². The number of benzene rings is 8. The molecule has 2 aliphatic rings. The van der Waals surface area contributed by atoms with Gasteiger partial charge in [0.25, 0.3) is 6.71 Å². The lowest BCUT2D eigenvalue weighted by Gasteiger charge is -2.33. The summed E-state index contributed by atoms with van der Waals surface area (Å²) in [5.41, 5.74) is 24.3. The molecule has 0 saturated heterocycles. The molecule has 10 aromatic rings. The Bertz CT molecular complexity index is 3540. The minimum absolute atomic E-state index is 0.0257. The average molecular weight is 803 g/mol.